The third-order valence-corrected chi connectivity index (χ3v) is 3.85. The fourth-order valence-corrected chi connectivity index (χ4v) is 2.73. The van der Waals surface area contributed by atoms with Gasteiger partial charge in [0, 0.05) is 37.1 Å². The number of hydrogen-bond acceptors (Lipinski definition) is 5. The Labute approximate surface area is 100 Å². The zero-order chi connectivity index (χ0) is 11.2. The van der Waals surface area contributed by atoms with Crippen LogP contribution in [0.2, 0.25) is 0 Å². The lowest BCUT2D eigenvalue weighted by Crippen LogP contribution is -2.37. The minimum absolute atomic E-state index is 0.713. The summed E-state index contributed by atoms with van der Waals surface area (Å²) >= 11 is 1.80. The summed E-state index contributed by atoms with van der Waals surface area (Å²) in [5.41, 5.74) is 5.52. The Kier molecular flexibility index (Phi) is 4.71. The first-order valence-electron chi connectivity index (χ1n) is 5.82. The molecule has 0 amide bonds. The second-order valence-corrected chi connectivity index (χ2v) is 5.16. The first-order chi connectivity index (χ1) is 7.88. The number of ether oxygens (including phenoxy) is 1. The molecule has 1 fully saturated rings. The molecule has 90 valence electrons. The van der Waals surface area contributed by atoms with Crippen molar-refractivity contribution in [3.8, 4) is 0 Å². The number of aromatic nitrogens is 1. The van der Waals surface area contributed by atoms with E-state index in [0.29, 0.717) is 6.54 Å². The number of morpholine rings is 1. The highest BCUT2D eigenvalue weighted by atomic mass is 32.1. The predicted octanol–water partition coefficient (Wildman–Crippen LogP) is 0.519. The van der Waals surface area contributed by atoms with Crippen LogP contribution < -0.4 is 5.73 Å². The minimum Gasteiger partial charge on any atom is -0.379 e. The van der Waals surface area contributed by atoms with Gasteiger partial charge in [0.25, 0.3) is 0 Å². The smallest absolute Gasteiger partial charge is 0.0940 e. The third kappa shape index (κ3) is 3.52. The second kappa shape index (κ2) is 6.30. The van der Waals surface area contributed by atoms with Crippen LogP contribution in [0.5, 0.6) is 0 Å². The molecule has 2 heterocycles. The van der Waals surface area contributed by atoms with E-state index in [1.807, 2.05) is 6.20 Å². The van der Waals surface area contributed by atoms with E-state index in [0.717, 1.165) is 45.7 Å². The Morgan fingerprint density at radius 2 is 2.19 bits per heavy atom. The molecule has 1 saturated heterocycles. The van der Waals surface area contributed by atoms with Gasteiger partial charge in [-0.15, -0.1) is 11.3 Å². The zero-order valence-corrected chi connectivity index (χ0v) is 10.3. The highest BCUT2D eigenvalue weighted by molar-refractivity contribution is 7.11. The van der Waals surface area contributed by atoms with Crippen molar-refractivity contribution in [3.63, 3.8) is 0 Å². The van der Waals surface area contributed by atoms with Gasteiger partial charge >= 0.3 is 0 Å². The van der Waals surface area contributed by atoms with Crippen LogP contribution in [0.4, 0.5) is 0 Å². The van der Waals surface area contributed by atoms with Crippen molar-refractivity contribution < 1.29 is 4.74 Å². The van der Waals surface area contributed by atoms with Crippen LogP contribution in [-0.2, 0) is 17.6 Å². The maximum atomic E-state index is 5.52. The maximum Gasteiger partial charge on any atom is 0.0940 e. The highest BCUT2D eigenvalue weighted by Gasteiger charge is 2.10. The Morgan fingerprint density at radius 1 is 1.38 bits per heavy atom. The van der Waals surface area contributed by atoms with Gasteiger partial charge in [-0.05, 0) is 13.0 Å². The number of nitrogens with zero attached hydrogens (tertiary/aromatic N) is 2. The summed E-state index contributed by atoms with van der Waals surface area (Å²) in [6.07, 6.45) is 3.97. The summed E-state index contributed by atoms with van der Waals surface area (Å²) in [6, 6.07) is 0. The van der Waals surface area contributed by atoms with Gasteiger partial charge in [0.15, 0.2) is 0 Å². The van der Waals surface area contributed by atoms with E-state index in [-0.39, 0.29) is 0 Å². The molecule has 1 aromatic heterocycles. The molecule has 0 aromatic carbocycles. The fourth-order valence-electron chi connectivity index (χ4n) is 1.80. The summed E-state index contributed by atoms with van der Waals surface area (Å²) in [5.74, 6) is 0. The molecule has 0 aliphatic carbocycles. The molecule has 0 bridgehead atoms. The molecule has 1 aliphatic rings. The van der Waals surface area contributed by atoms with E-state index in [1.54, 1.807) is 11.3 Å². The van der Waals surface area contributed by atoms with E-state index in [4.69, 9.17) is 10.5 Å². The first kappa shape index (κ1) is 12.0. The molecule has 16 heavy (non-hydrogen) atoms. The summed E-state index contributed by atoms with van der Waals surface area (Å²) in [6.45, 7) is 5.67. The van der Waals surface area contributed by atoms with Gasteiger partial charge in [0.2, 0.25) is 0 Å². The lowest BCUT2D eigenvalue weighted by molar-refractivity contribution is 0.0384. The number of hydrogen-bond donors (Lipinski definition) is 1. The Hall–Kier alpha value is -0.490. The molecule has 4 nitrogen and oxygen atoms in total. The largest absolute Gasteiger partial charge is 0.379 e. The zero-order valence-electron chi connectivity index (χ0n) is 9.52. The molecule has 1 aromatic rings. The van der Waals surface area contributed by atoms with Gasteiger partial charge in [0.05, 0.1) is 18.2 Å². The van der Waals surface area contributed by atoms with Crippen molar-refractivity contribution in [1.82, 2.24) is 9.88 Å². The van der Waals surface area contributed by atoms with Crippen molar-refractivity contribution in [2.24, 2.45) is 5.73 Å². The van der Waals surface area contributed by atoms with Crippen LogP contribution in [0.1, 0.15) is 9.88 Å². The Bertz CT molecular complexity index is 310. The van der Waals surface area contributed by atoms with Crippen LogP contribution in [0, 0.1) is 0 Å². The van der Waals surface area contributed by atoms with Gasteiger partial charge in [-0.1, -0.05) is 0 Å². The van der Waals surface area contributed by atoms with Crippen molar-refractivity contribution >= 4 is 11.3 Å². The summed E-state index contributed by atoms with van der Waals surface area (Å²) in [4.78, 5) is 8.17. The average molecular weight is 241 g/mol. The minimum atomic E-state index is 0.713. The predicted molar refractivity (Wildman–Crippen MR) is 65.8 cm³/mol. The van der Waals surface area contributed by atoms with Crippen LogP contribution in [0.3, 0.4) is 0 Å². The van der Waals surface area contributed by atoms with E-state index < -0.39 is 0 Å². The van der Waals surface area contributed by atoms with Crippen LogP contribution in [0.15, 0.2) is 6.20 Å². The van der Waals surface area contributed by atoms with Crippen molar-refractivity contribution in [2.45, 2.75) is 12.8 Å². The second-order valence-electron chi connectivity index (χ2n) is 3.96. The number of rotatable bonds is 5. The number of nitrogens with two attached hydrogens (primary N) is 1. The quantitative estimate of drug-likeness (QED) is 0.816. The lowest BCUT2D eigenvalue weighted by atomic mass is 10.3. The molecular formula is C11H19N3OS. The Balaban J connectivity index is 1.75. The molecule has 0 unspecified atom stereocenters. The molecule has 0 atom stereocenters. The standard InChI is InChI=1S/C11H19N3OS/c12-3-1-10-9-13-11(16-10)2-4-14-5-7-15-8-6-14/h9H,1-8,12H2. The van der Waals surface area contributed by atoms with Gasteiger partial charge in [-0.25, -0.2) is 4.98 Å². The molecule has 2 N–H and O–H groups in total. The van der Waals surface area contributed by atoms with Gasteiger partial charge in [-0.3, -0.25) is 4.90 Å². The SMILES string of the molecule is NCCc1cnc(CCN2CCOCC2)s1. The van der Waals surface area contributed by atoms with Crippen LogP contribution in [0.25, 0.3) is 0 Å². The van der Waals surface area contributed by atoms with E-state index >= 15 is 0 Å². The molecular weight excluding hydrogens is 222 g/mol. The monoisotopic (exact) mass is 241 g/mol. The van der Waals surface area contributed by atoms with Gasteiger partial charge in [-0.2, -0.15) is 0 Å². The summed E-state index contributed by atoms with van der Waals surface area (Å²) in [5, 5.41) is 1.23. The first-order valence-corrected chi connectivity index (χ1v) is 6.64. The molecule has 0 spiro atoms. The molecule has 0 radical (unpaired) electrons. The lowest BCUT2D eigenvalue weighted by Gasteiger charge is -2.25. The number of thiazole rings is 1. The normalized spacial score (nSPS) is 17.8. The summed E-state index contributed by atoms with van der Waals surface area (Å²) < 4.78 is 5.32. The molecule has 0 saturated carbocycles. The van der Waals surface area contributed by atoms with Crippen LogP contribution in [-0.4, -0.2) is 49.3 Å². The van der Waals surface area contributed by atoms with E-state index in [2.05, 4.69) is 9.88 Å². The van der Waals surface area contributed by atoms with Gasteiger partial charge < -0.3 is 10.5 Å². The average Bonchev–Trinajstić information content (AvgIpc) is 2.76. The van der Waals surface area contributed by atoms with Gasteiger partial charge in [0.1, 0.15) is 0 Å². The fraction of sp³-hybridized carbons (Fsp3) is 0.727. The van der Waals surface area contributed by atoms with Crippen LogP contribution >= 0.6 is 11.3 Å². The third-order valence-electron chi connectivity index (χ3n) is 2.74. The van der Waals surface area contributed by atoms with E-state index in [1.165, 1.54) is 9.88 Å². The summed E-state index contributed by atoms with van der Waals surface area (Å²) in [7, 11) is 0. The maximum absolute atomic E-state index is 5.52. The molecule has 2 rings (SSSR count). The van der Waals surface area contributed by atoms with E-state index in [9.17, 15) is 0 Å². The van der Waals surface area contributed by atoms with Crippen molar-refractivity contribution in [2.75, 3.05) is 39.4 Å². The topological polar surface area (TPSA) is 51.4 Å². The van der Waals surface area contributed by atoms with Crippen molar-refractivity contribution in [1.29, 1.82) is 0 Å². The molecule has 5 heteroatoms. The van der Waals surface area contributed by atoms with Crippen molar-refractivity contribution in [3.05, 3.63) is 16.1 Å². The molecule has 1 aliphatic heterocycles. The highest BCUT2D eigenvalue weighted by Crippen LogP contribution is 2.14. The Morgan fingerprint density at radius 3 is 2.94 bits per heavy atom.